The molecule has 0 aromatic heterocycles. The molecular weight excluding hydrogens is 920 g/mol. The van der Waals surface area contributed by atoms with Crippen LogP contribution in [0.15, 0.2) is 0 Å². The normalized spacial score (nSPS) is 6.70. The summed E-state index contributed by atoms with van der Waals surface area (Å²) < 4.78 is 0. The third-order valence-corrected chi connectivity index (χ3v) is 5.44. The molecule has 0 N–H and O–H groups in total. The summed E-state index contributed by atoms with van der Waals surface area (Å²) in [5.74, 6) is 0. The molecular formula is C51H140Ar7N2. The summed E-state index contributed by atoms with van der Waals surface area (Å²) in [5, 5.41) is 0. The van der Waals surface area contributed by atoms with Gasteiger partial charge in [-0.25, -0.2) is 0 Å². The van der Waals surface area contributed by atoms with Gasteiger partial charge in [-0.2, -0.15) is 0 Å². The molecule has 0 radical (unpaired) electrons. The molecule has 0 aliphatic rings. The SMILES string of the molecule is C.C.C.C.C.C.C.CC.CC.CC.CC.CC.CC.CC.CCCC(C)(C)C.CCCC(C)(CCC)CCC.CCCN(C)C.CCCN(C)CCC.[Ar].[Ar].[Ar].[Ar].[Ar].[Ar].[Ar]. The van der Waals surface area contributed by atoms with Crippen LogP contribution in [0.4, 0.5) is 0 Å². The molecule has 0 saturated heterocycles. The first-order valence-corrected chi connectivity index (χ1v) is 21.2. The van der Waals surface area contributed by atoms with Crippen LogP contribution in [-0.4, -0.2) is 50.6 Å². The Morgan fingerprint density at radius 2 is 0.450 bits per heavy atom. The van der Waals surface area contributed by atoms with Crippen LogP contribution in [0.1, 0.15) is 296 Å². The molecule has 60 heavy (non-hydrogen) atoms. The maximum Gasteiger partial charge on any atom is 0 e. The summed E-state index contributed by atoms with van der Waals surface area (Å²) in [6.45, 7) is 56.7. The minimum Gasteiger partial charge on any atom is -0.309 e. The molecule has 0 rings (SSSR count). The van der Waals surface area contributed by atoms with Crippen LogP contribution in [0.3, 0.4) is 0 Å². The third kappa shape index (κ3) is 253. The zero-order valence-electron chi connectivity index (χ0n) is 42.3. The molecule has 0 aromatic carbocycles. The van der Waals surface area contributed by atoms with Crippen molar-refractivity contribution < 1.29 is 264 Å². The summed E-state index contributed by atoms with van der Waals surface area (Å²) in [7, 11) is 6.35. The number of hydrogen-bond donors (Lipinski definition) is 0. The van der Waals surface area contributed by atoms with E-state index in [1.165, 1.54) is 90.3 Å². The number of nitrogens with zero attached hydrogens (tertiary/aromatic N) is 2. The molecule has 0 unspecified atom stereocenters. The number of rotatable bonds is 13. The molecule has 0 heterocycles. The largest absolute Gasteiger partial charge is 0.309 e. The van der Waals surface area contributed by atoms with E-state index in [4.69, 9.17) is 0 Å². The fourth-order valence-corrected chi connectivity index (χ4v) is 4.26. The van der Waals surface area contributed by atoms with Gasteiger partial charge in [-0.15, -0.1) is 0 Å². The maximum atomic E-state index is 2.45. The van der Waals surface area contributed by atoms with Gasteiger partial charge in [-0.1, -0.05) is 251 Å². The predicted octanol–water partition coefficient (Wildman–Crippen LogP) is 21.6. The van der Waals surface area contributed by atoms with Gasteiger partial charge in [0.25, 0.3) is 0 Å². The van der Waals surface area contributed by atoms with E-state index in [0.29, 0.717) is 10.8 Å². The Kier molecular flexibility index (Phi) is 500. The average Bonchev–Trinajstić information content (AvgIpc) is 3.05. The molecule has 0 aliphatic heterocycles. The van der Waals surface area contributed by atoms with Gasteiger partial charge in [0, 0.05) is 264 Å². The van der Waals surface area contributed by atoms with Crippen LogP contribution in [0.25, 0.3) is 0 Å². The van der Waals surface area contributed by atoms with E-state index in [2.05, 4.69) is 107 Å². The fourth-order valence-electron chi connectivity index (χ4n) is 4.26. The van der Waals surface area contributed by atoms with Crippen LogP contribution in [-0.2, 0) is 0 Å². The van der Waals surface area contributed by atoms with Gasteiger partial charge in [0.15, 0.2) is 0 Å². The topological polar surface area (TPSA) is 6.48 Å². The van der Waals surface area contributed by atoms with Gasteiger partial charge in [0.2, 0.25) is 0 Å². The molecule has 0 saturated carbocycles. The second kappa shape index (κ2) is 182. The van der Waals surface area contributed by atoms with E-state index in [0.717, 1.165) is 0 Å². The zero-order chi connectivity index (χ0) is 40.1. The van der Waals surface area contributed by atoms with Crippen molar-refractivity contribution in [1.29, 1.82) is 0 Å². The summed E-state index contributed by atoms with van der Waals surface area (Å²) in [6, 6.07) is 0. The molecule has 0 atom stereocenters. The fraction of sp³-hybridized carbons (Fsp3) is 1.00. The first kappa shape index (κ1) is 165. The van der Waals surface area contributed by atoms with E-state index in [1.54, 1.807) is 0 Å². The summed E-state index contributed by atoms with van der Waals surface area (Å²) in [4.78, 5) is 4.54. The molecule has 0 amide bonds. The molecule has 2 nitrogen and oxygen atoms in total. The van der Waals surface area contributed by atoms with Crippen molar-refractivity contribution in [2.45, 2.75) is 296 Å². The van der Waals surface area contributed by atoms with E-state index >= 15 is 0 Å². The predicted molar refractivity (Wildman–Crippen MR) is 281 cm³/mol. The first-order valence-electron chi connectivity index (χ1n) is 21.2. The Bertz CT molecular complexity index is 327. The third-order valence-electron chi connectivity index (χ3n) is 5.44. The zero-order valence-corrected chi connectivity index (χ0v) is 47.2. The molecule has 0 aromatic rings. The Morgan fingerprint density at radius 1 is 0.283 bits per heavy atom. The van der Waals surface area contributed by atoms with E-state index in [-0.39, 0.29) is 316 Å². The van der Waals surface area contributed by atoms with Crippen molar-refractivity contribution in [1.82, 2.24) is 9.80 Å². The van der Waals surface area contributed by atoms with Crippen LogP contribution in [0.2, 0.25) is 0 Å². The van der Waals surface area contributed by atoms with Gasteiger partial charge < -0.3 is 9.80 Å². The van der Waals surface area contributed by atoms with Crippen molar-refractivity contribution in [3.05, 3.63) is 0 Å². The molecule has 0 bridgehead atoms. The quantitative estimate of drug-likeness (QED) is 0.181. The minimum atomic E-state index is 0. The standard InChI is InChI=1S/C11H24.C7H17N.C7H16.C5H13N.7C2H6.7CH4.7Ar/c1-5-8-11(4,9-6-2)10-7-3;1-4-6-8(3)7-5-2;1-5-6-7(2,3)4;1-4-5-6(2)3;7*1-2;;;;;;;;;;;;;;/h5-10H2,1-4H3;4-7H2,1-3H3;5-6H2,1-4H3;4-5H2,1-3H3;7*1-2H3;7*1H4;;;;;;;. The van der Waals surface area contributed by atoms with Crippen molar-refractivity contribution in [2.24, 2.45) is 10.8 Å². The van der Waals surface area contributed by atoms with E-state index in [9.17, 15) is 0 Å². The van der Waals surface area contributed by atoms with E-state index in [1.807, 2.05) is 96.9 Å². The van der Waals surface area contributed by atoms with Crippen LogP contribution in [0, 0.1) is 275 Å². The Balaban J connectivity index is -0.0000000101. The molecule has 410 valence electrons. The monoisotopic (exact) mass is 1060 g/mol. The van der Waals surface area contributed by atoms with Gasteiger partial charge >= 0.3 is 0 Å². The van der Waals surface area contributed by atoms with Crippen molar-refractivity contribution in [3.8, 4) is 0 Å². The van der Waals surface area contributed by atoms with Crippen LogP contribution >= 0.6 is 0 Å². The first-order chi connectivity index (χ1) is 21.8. The smallest absolute Gasteiger partial charge is 0 e. The number of hydrogen-bond acceptors (Lipinski definition) is 2. The maximum absolute atomic E-state index is 2.45. The van der Waals surface area contributed by atoms with E-state index < -0.39 is 0 Å². The average molecular weight is 1060 g/mol. The van der Waals surface area contributed by atoms with Gasteiger partial charge in [-0.05, 0) is 96.6 Å². The van der Waals surface area contributed by atoms with Gasteiger partial charge in [-0.3, -0.25) is 0 Å². The van der Waals surface area contributed by atoms with Gasteiger partial charge in [0.05, 0.1) is 0 Å². The molecule has 0 spiro atoms. The molecule has 0 aliphatic carbocycles. The summed E-state index contributed by atoms with van der Waals surface area (Å²) in [6.07, 6.45) is 14.7. The van der Waals surface area contributed by atoms with Crippen molar-refractivity contribution in [3.63, 3.8) is 0 Å². The van der Waals surface area contributed by atoms with Gasteiger partial charge in [0.1, 0.15) is 0 Å². The summed E-state index contributed by atoms with van der Waals surface area (Å²) in [5.41, 5.74) is 1.20. The Hall–Kier alpha value is 8.74. The second-order valence-electron chi connectivity index (χ2n) is 11.5. The van der Waals surface area contributed by atoms with Crippen LogP contribution < -0.4 is 0 Å². The molecule has 9 heteroatoms. The Morgan fingerprint density at radius 3 is 0.517 bits per heavy atom. The minimum absolute atomic E-state index is 0. The van der Waals surface area contributed by atoms with Crippen LogP contribution in [0.5, 0.6) is 0 Å². The van der Waals surface area contributed by atoms with Crippen molar-refractivity contribution >= 4 is 0 Å². The summed E-state index contributed by atoms with van der Waals surface area (Å²) >= 11 is 0. The van der Waals surface area contributed by atoms with Crippen molar-refractivity contribution in [2.75, 3.05) is 40.8 Å². The Labute approximate surface area is 608 Å². The second-order valence-corrected chi connectivity index (χ2v) is 11.5. The molecule has 0 fully saturated rings.